The van der Waals surface area contributed by atoms with Gasteiger partial charge in [-0.05, 0) is 30.2 Å². The molecule has 0 aliphatic heterocycles. The van der Waals surface area contributed by atoms with E-state index in [0.717, 1.165) is 24.1 Å². The molecule has 4 heteroatoms. The van der Waals surface area contributed by atoms with E-state index in [0.29, 0.717) is 0 Å². The fourth-order valence-corrected chi connectivity index (χ4v) is 3.01. The lowest BCUT2D eigenvalue weighted by Crippen LogP contribution is -2.29. The van der Waals surface area contributed by atoms with Gasteiger partial charge in [0.25, 0.3) is 0 Å². The van der Waals surface area contributed by atoms with Gasteiger partial charge in [-0.2, -0.15) is 0 Å². The molecule has 0 aliphatic rings. The molecule has 0 bridgehead atoms. The normalized spacial score (nSPS) is 12.6. The summed E-state index contributed by atoms with van der Waals surface area (Å²) in [7, 11) is 0. The maximum absolute atomic E-state index is 5.99. The molecule has 18 heavy (non-hydrogen) atoms. The molecule has 0 spiro atoms. The number of nitrogen functional groups attached to an aromatic ring is 1. The van der Waals surface area contributed by atoms with Gasteiger partial charge in [0, 0.05) is 21.9 Å². The first-order valence-corrected chi connectivity index (χ1v) is 6.94. The van der Waals surface area contributed by atoms with E-state index in [4.69, 9.17) is 11.6 Å². The summed E-state index contributed by atoms with van der Waals surface area (Å²) in [4.78, 5) is 2.74. The molecule has 1 unspecified atom stereocenters. The van der Waals surface area contributed by atoms with Gasteiger partial charge in [-0.1, -0.05) is 25.1 Å². The minimum absolute atomic E-state index is 0.0644. The summed E-state index contributed by atoms with van der Waals surface area (Å²) in [6.07, 6.45) is 1.95. The Morgan fingerprint density at radius 3 is 2.50 bits per heavy atom. The number of benzene rings is 1. The van der Waals surface area contributed by atoms with Crippen molar-refractivity contribution in [3.05, 3.63) is 51.7 Å². The number of para-hydroxylation sites is 1. The molecule has 1 aromatic carbocycles. The van der Waals surface area contributed by atoms with Crippen LogP contribution in [0.15, 0.2) is 36.4 Å². The van der Waals surface area contributed by atoms with Gasteiger partial charge in [0.1, 0.15) is 0 Å². The van der Waals surface area contributed by atoms with E-state index in [2.05, 4.69) is 24.5 Å². The Hall–Kier alpha value is -1.36. The van der Waals surface area contributed by atoms with Crippen molar-refractivity contribution >= 4 is 17.0 Å². The Bertz CT molecular complexity index is 507. The number of thiophene rings is 1. The van der Waals surface area contributed by atoms with Crippen LogP contribution >= 0.6 is 11.3 Å². The minimum atomic E-state index is 0.0644. The van der Waals surface area contributed by atoms with Crippen LogP contribution < -0.4 is 17.0 Å². The largest absolute Gasteiger partial charge is 0.398 e. The summed E-state index contributed by atoms with van der Waals surface area (Å²) in [6, 6.07) is 12.3. The van der Waals surface area contributed by atoms with E-state index >= 15 is 0 Å². The molecule has 5 N–H and O–H groups in total. The fraction of sp³-hybridized carbons (Fsp3) is 0.286. The lowest BCUT2D eigenvalue weighted by molar-refractivity contribution is 0.557. The van der Waals surface area contributed by atoms with Gasteiger partial charge in [0.2, 0.25) is 0 Å². The van der Waals surface area contributed by atoms with E-state index in [9.17, 15) is 0 Å². The summed E-state index contributed by atoms with van der Waals surface area (Å²) >= 11 is 1.84. The zero-order chi connectivity index (χ0) is 13.0. The predicted octanol–water partition coefficient (Wildman–Crippen LogP) is 2.64. The molecular formula is C14H19N3S. The van der Waals surface area contributed by atoms with Crippen LogP contribution in [0.1, 0.15) is 28.3 Å². The van der Waals surface area contributed by atoms with E-state index in [1.807, 2.05) is 35.6 Å². The second kappa shape index (κ2) is 6.00. The van der Waals surface area contributed by atoms with Crippen LogP contribution in [-0.4, -0.2) is 0 Å². The number of rotatable bonds is 5. The molecule has 2 rings (SSSR count). The summed E-state index contributed by atoms with van der Waals surface area (Å²) in [5.74, 6) is 5.66. The maximum atomic E-state index is 5.99. The van der Waals surface area contributed by atoms with Crippen LogP contribution in [-0.2, 0) is 12.8 Å². The summed E-state index contributed by atoms with van der Waals surface area (Å²) in [5, 5.41) is 0. The van der Waals surface area contributed by atoms with Crippen molar-refractivity contribution in [2.24, 2.45) is 5.84 Å². The van der Waals surface area contributed by atoms with Gasteiger partial charge in [0.15, 0.2) is 0 Å². The highest BCUT2D eigenvalue weighted by Gasteiger charge is 2.14. The smallest absolute Gasteiger partial charge is 0.0528 e. The summed E-state index contributed by atoms with van der Waals surface area (Å²) < 4.78 is 0. The zero-order valence-corrected chi connectivity index (χ0v) is 11.3. The number of nitrogens with two attached hydrogens (primary N) is 2. The molecule has 1 heterocycles. The Morgan fingerprint density at radius 1 is 1.17 bits per heavy atom. The highest BCUT2D eigenvalue weighted by molar-refractivity contribution is 7.11. The predicted molar refractivity (Wildman–Crippen MR) is 78.3 cm³/mol. The molecular weight excluding hydrogens is 242 g/mol. The second-order valence-electron chi connectivity index (χ2n) is 4.27. The third-order valence-electron chi connectivity index (χ3n) is 3.04. The van der Waals surface area contributed by atoms with Crippen LogP contribution in [0.5, 0.6) is 0 Å². The van der Waals surface area contributed by atoms with Gasteiger partial charge >= 0.3 is 0 Å². The van der Waals surface area contributed by atoms with Crippen molar-refractivity contribution in [2.75, 3.05) is 5.73 Å². The first-order chi connectivity index (χ1) is 8.74. The van der Waals surface area contributed by atoms with Crippen molar-refractivity contribution in [2.45, 2.75) is 25.8 Å². The molecule has 0 amide bonds. The third kappa shape index (κ3) is 2.90. The molecule has 0 fully saturated rings. The Kier molecular flexibility index (Phi) is 4.36. The van der Waals surface area contributed by atoms with Crippen LogP contribution in [0, 0.1) is 0 Å². The Labute approximate surface area is 112 Å². The number of aryl methyl sites for hydroxylation is 1. The van der Waals surface area contributed by atoms with Gasteiger partial charge in [-0.3, -0.25) is 11.3 Å². The van der Waals surface area contributed by atoms with Gasteiger partial charge in [-0.25, -0.2) is 0 Å². The Balaban J connectivity index is 2.17. The van der Waals surface area contributed by atoms with Crippen LogP contribution in [0.2, 0.25) is 0 Å². The average Bonchev–Trinajstić information content (AvgIpc) is 2.85. The SMILES string of the molecule is CCc1ccc(CC(NN)c2ccccc2N)s1. The topological polar surface area (TPSA) is 64.1 Å². The average molecular weight is 261 g/mol. The van der Waals surface area contributed by atoms with Gasteiger partial charge in [-0.15, -0.1) is 11.3 Å². The molecule has 96 valence electrons. The summed E-state index contributed by atoms with van der Waals surface area (Å²) in [5.41, 5.74) is 10.7. The van der Waals surface area contributed by atoms with E-state index in [1.54, 1.807) is 0 Å². The number of nitrogens with one attached hydrogen (secondary N) is 1. The van der Waals surface area contributed by atoms with Gasteiger partial charge in [0.05, 0.1) is 6.04 Å². The van der Waals surface area contributed by atoms with E-state index in [1.165, 1.54) is 9.75 Å². The second-order valence-corrected chi connectivity index (χ2v) is 5.53. The van der Waals surface area contributed by atoms with E-state index in [-0.39, 0.29) is 6.04 Å². The van der Waals surface area contributed by atoms with Crippen molar-refractivity contribution in [1.82, 2.24) is 5.43 Å². The third-order valence-corrected chi connectivity index (χ3v) is 4.30. The molecule has 3 nitrogen and oxygen atoms in total. The molecule has 0 saturated heterocycles. The van der Waals surface area contributed by atoms with Crippen LogP contribution in [0.4, 0.5) is 5.69 Å². The maximum Gasteiger partial charge on any atom is 0.0528 e. The van der Waals surface area contributed by atoms with Crippen molar-refractivity contribution in [1.29, 1.82) is 0 Å². The van der Waals surface area contributed by atoms with Crippen molar-refractivity contribution < 1.29 is 0 Å². The fourth-order valence-electron chi connectivity index (χ4n) is 2.01. The molecule has 0 saturated carbocycles. The molecule has 0 radical (unpaired) electrons. The zero-order valence-electron chi connectivity index (χ0n) is 10.5. The monoisotopic (exact) mass is 261 g/mol. The van der Waals surface area contributed by atoms with Crippen LogP contribution in [0.3, 0.4) is 0 Å². The molecule has 2 aromatic rings. The lowest BCUT2D eigenvalue weighted by atomic mass is 10.0. The standard InChI is InChI=1S/C14H19N3S/c1-2-10-7-8-11(18-10)9-14(17-16)12-5-3-4-6-13(12)15/h3-8,14,17H,2,9,15-16H2,1H3. The van der Waals surface area contributed by atoms with Crippen molar-refractivity contribution in [3.63, 3.8) is 0 Å². The number of hydrogen-bond donors (Lipinski definition) is 3. The first kappa shape index (κ1) is 13.1. The molecule has 1 aromatic heterocycles. The van der Waals surface area contributed by atoms with Gasteiger partial charge < -0.3 is 5.73 Å². The van der Waals surface area contributed by atoms with Crippen molar-refractivity contribution in [3.8, 4) is 0 Å². The number of hydrogen-bond acceptors (Lipinski definition) is 4. The Morgan fingerprint density at radius 2 is 1.89 bits per heavy atom. The molecule has 0 aliphatic carbocycles. The number of anilines is 1. The van der Waals surface area contributed by atoms with E-state index < -0.39 is 0 Å². The highest BCUT2D eigenvalue weighted by atomic mass is 32.1. The summed E-state index contributed by atoms with van der Waals surface area (Å²) in [6.45, 7) is 2.17. The van der Waals surface area contributed by atoms with Crippen LogP contribution in [0.25, 0.3) is 0 Å². The first-order valence-electron chi connectivity index (χ1n) is 6.12. The highest BCUT2D eigenvalue weighted by Crippen LogP contribution is 2.26. The molecule has 1 atom stereocenters. The number of hydrazine groups is 1. The minimum Gasteiger partial charge on any atom is -0.398 e. The lowest BCUT2D eigenvalue weighted by Gasteiger charge is -2.17. The quantitative estimate of drug-likeness (QED) is 0.440.